The quantitative estimate of drug-likeness (QED) is 0.813. The van der Waals surface area contributed by atoms with Gasteiger partial charge in [-0.2, -0.15) is 0 Å². The van der Waals surface area contributed by atoms with Crippen LogP contribution in [0.3, 0.4) is 0 Å². The fourth-order valence-corrected chi connectivity index (χ4v) is 1.79. The van der Waals surface area contributed by atoms with Crippen LogP contribution >= 0.6 is 12.4 Å². The highest BCUT2D eigenvalue weighted by Gasteiger charge is 2.12. The van der Waals surface area contributed by atoms with E-state index in [9.17, 15) is 14.4 Å². The molecule has 20 heavy (non-hydrogen) atoms. The van der Waals surface area contributed by atoms with Crippen molar-refractivity contribution in [1.82, 2.24) is 24.0 Å². The second-order valence-electron chi connectivity index (χ2n) is 4.47. The molecule has 0 unspecified atom stereocenters. The average Bonchev–Trinajstić information content (AvgIpc) is 2.77. The van der Waals surface area contributed by atoms with Crippen molar-refractivity contribution in [3.05, 3.63) is 27.2 Å². The predicted molar refractivity (Wildman–Crippen MR) is 76.2 cm³/mol. The van der Waals surface area contributed by atoms with Crippen molar-refractivity contribution >= 4 is 29.5 Å². The van der Waals surface area contributed by atoms with Gasteiger partial charge in [-0.3, -0.25) is 19.1 Å². The minimum atomic E-state index is -0.507. The molecular formula is C11H16ClN5O3. The fourth-order valence-electron chi connectivity index (χ4n) is 1.79. The van der Waals surface area contributed by atoms with Gasteiger partial charge in [0.25, 0.3) is 5.56 Å². The minimum Gasteiger partial charge on any atom is -0.349 e. The number of fused-ring (bicyclic) bond motifs is 1. The van der Waals surface area contributed by atoms with Gasteiger partial charge in [0.1, 0.15) is 0 Å². The molecule has 0 fully saturated rings. The van der Waals surface area contributed by atoms with E-state index in [4.69, 9.17) is 0 Å². The van der Waals surface area contributed by atoms with E-state index < -0.39 is 11.2 Å². The normalized spacial score (nSPS) is 10.3. The molecule has 110 valence electrons. The number of aryl methyl sites for hydroxylation is 2. The van der Waals surface area contributed by atoms with E-state index in [1.54, 1.807) is 18.7 Å². The molecule has 1 amide bonds. The monoisotopic (exact) mass is 301 g/mol. The van der Waals surface area contributed by atoms with Crippen LogP contribution in [0.2, 0.25) is 0 Å². The highest BCUT2D eigenvalue weighted by molar-refractivity contribution is 5.85. The van der Waals surface area contributed by atoms with Crippen molar-refractivity contribution in [3.8, 4) is 0 Å². The summed E-state index contributed by atoms with van der Waals surface area (Å²) in [5.74, 6) is -0.0388. The largest absolute Gasteiger partial charge is 0.349 e. The molecule has 0 aliphatic rings. The van der Waals surface area contributed by atoms with Crippen molar-refractivity contribution in [3.63, 3.8) is 0 Å². The van der Waals surface area contributed by atoms with Crippen LogP contribution in [0.4, 0.5) is 0 Å². The van der Waals surface area contributed by atoms with E-state index >= 15 is 0 Å². The zero-order valence-electron chi connectivity index (χ0n) is 11.4. The molecule has 0 bridgehead atoms. The highest BCUT2D eigenvalue weighted by Crippen LogP contribution is 2.06. The van der Waals surface area contributed by atoms with Gasteiger partial charge in [0, 0.05) is 34.1 Å². The van der Waals surface area contributed by atoms with Gasteiger partial charge in [0.2, 0.25) is 5.91 Å². The summed E-state index contributed by atoms with van der Waals surface area (Å²) in [6, 6.07) is 0. The van der Waals surface area contributed by atoms with Crippen LogP contribution in [0.1, 0.15) is 6.42 Å². The van der Waals surface area contributed by atoms with E-state index in [-0.39, 0.29) is 24.7 Å². The van der Waals surface area contributed by atoms with Crippen LogP contribution in [0.15, 0.2) is 15.9 Å². The summed E-state index contributed by atoms with van der Waals surface area (Å²) in [5, 5.41) is 0. The van der Waals surface area contributed by atoms with Crippen molar-refractivity contribution in [2.24, 2.45) is 7.05 Å². The van der Waals surface area contributed by atoms with E-state index in [2.05, 4.69) is 9.97 Å². The molecule has 0 aliphatic heterocycles. The van der Waals surface area contributed by atoms with Crippen LogP contribution < -0.4 is 11.2 Å². The molecule has 2 heterocycles. The number of halogens is 1. The van der Waals surface area contributed by atoms with Crippen LogP contribution in [-0.4, -0.2) is 44.0 Å². The predicted octanol–water partition coefficient (Wildman–Crippen LogP) is -0.677. The van der Waals surface area contributed by atoms with Crippen molar-refractivity contribution in [2.75, 3.05) is 14.1 Å². The summed E-state index contributed by atoms with van der Waals surface area (Å²) in [5.41, 5.74) is -0.389. The molecule has 0 aromatic carbocycles. The number of rotatable bonds is 3. The number of hydrogen-bond acceptors (Lipinski definition) is 4. The van der Waals surface area contributed by atoms with Gasteiger partial charge in [-0.15, -0.1) is 12.4 Å². The molecule has 0 saturated heterocycles. The molecule has 2 rings (SSSR count). The first kappa shape index (κ1) is 16.0. The number of imidazole rings is 1. The van der Waals surface area contributed by atoms with Crippen LogP contribution in [0.25, 0.3) is 11.2 Å². The Kier molecular flexibility index (Phi) is 4.72. The van der Waals surface area contributed by atoms with Crippen LogP contribution in [-0.2, 0) is 18.4 Å². The van der Waals surface area contributed by atoms with Gasteiger partial charge in [0.05, 0.1) is 6.33 Å². The fraction of sp³-hybridized carbons (Fsp3) is 0.455. The lowest BCUT2D eigenvalue weighted by atomic mass is 10.3. The zero-order chi connectivity index (χ0) is 14.2. The van der Waals surface area contributed by atoms with Crippen LogP contribution in [0.5, 0.6) is 0 Å². The van der Waals surface area contributed by atoms with Crippen molar-refractivity contribution in [1.29, 1.82) is 0 Å². The Labute approximate surface area is 120 Å². The number of aromatic amines is 1. The SMILES string of the molecule is CN(C)C(=O)CCn1cnc2c1c(=O)[nH]c(=O)n2C.Cl. The van der Waals surface area contributed by atoms with Gasteiger partial charge in [-0.05, 0) is 0 Å². The maximum absolute atomic E-state index is 11.8. The Morgan fingerprint density at radius 1 is 1.40 bits per heavy atom. The lowest BCUT2D eigenvalue weighted by molar-refractivity contribution is -0.128. The number of nitrogens with one attached hydrogen (secondary N) is 1. The number of H-pyrrole nitrogens is 1. The standard InChI is InChI=1S/C11H15N5O3.ClH/c1-14(2)7(17)4-5-16-6-12-9-8(16)10(18)13-11(19)15(9)3;/h6H,4-5H2,1-3H3,(H,13,18,19);1H. The molecule has 0 radical (unpaired) electrons. The number of carbonyl (C=O) groups excluding carboxylic acids is 1. The Balaban J connectivity index is 0.00000200. The number of nitrogens with zero attached hydrogens (tertiary/aromatic N) is 4. The van der Waals surface area contributed by atoms with E-state index in [0.717, 1.165) is 0 Å². The molecule has 2 aromatic heterocycles. The topological polar surface area (TPSA) is 93.0 Å². The van der Waals surface area contributed by atoms with Gasteiger partial charge >= 0.3 is 5.69 Å². The molecule has 0 saturated carbocycles. The molecule has 0 spiro atoms. The summed E-state index contributed by atoms with van der Waals surface area (Å²) in [6.07, 6.45) is 1.73. The molecule has 1 N–H and O–H groups in total. The summed E-state index contributed by atoms with van der Waals surface area (Å²) in [4.78, 5) is 42.5. The van der Waals surface area contributed by atoms with Gasteiger partial charge in [0.15, 0.2) is 11.2 Å². The smallest absolute Gasteiger partial charge is 0.329 e. The van der Waals surface area contributed by atoms with E-state index in [1.165, 1.54) is 22.8 Å². The Hall–Kier alpha value is -2.09. The van der Waals surface area contributed by atoms with E-state index in [0.29, 0.717) is 17.7 Å². The average molecular weight is 302 g/mol. The maximum atomic E-state index is 11.8. The summed E-state index contributed by atoms with van der Waals surface area (Å²) < 4.78 is 2.84. The molecule has 0 aliphatic carbocycles. The lowest BCUT2D eigenvalue weighted by Crippen LogP contribution is -2.29. The zero-order valence-corrected chi connectivity index (χ0v) is 12.2. The molecule has 0 atom stereocenters. The number of amides is 1. The summed E-state index contributed by atoms with van der Waals surface area (Å²) >= 11 is 0. The van der Waals surface area contributed by atoms with Crippen molar-refractivity contribution < 1.29 is 4.79 Å². The summed E-state index contributed by atoms with van der Waals surface area (Å²) in [6.45, 7) is 0.342. The third kappa shape index (κ3) is 2.74. The number of carbonyl (C=O) groups is 1. The third-order valence-corrected chi connectivity index (χ3v) is 2.94. The van der Waals surface area contributed by atoms with E-state index in [1.807, 2.05) is 0 Å². The molecule has 8 nitrogen and oxygen atoms in total. The lowest BCUT2D eigenvalue weighted by Gasteiger charge is -2.10. The van der Waals surface area contributed by atoms with Gasteiger partial charge < -0.3 is 9.47 Å². The Bertz CT molecular complexity index is 743. The first-order chi connectivity index (χ1) is 8.91. The summed E-state index contributed by atoms with van der Waals surface area (Å²) in [7, 11) is 4.87. The first-order valence-corrected chi connectivity index (χ1v) is 5.76. The number of aromatic nitrogens is 4. The Morgan fingerprint density at radius 3 is 2.65 bits per heavy atom. The van der Waals surface area contributed by atoms with Gasteiger partial charge in [-0.1, -0.05) is 0 Å². The molecule has 2 aromatic rings. The Morgan fingerprint density at radius 2 is 2.05 bits per heavy atom. The second-order valence-corrected chi connectivity index (χ2v) is 4.47. The second kappa shape index (κ2) is 5.91. The minimum absolute atomic E-state index is 0. The molecule has 9 heteroatoms. The molecular weight excluding hydrogens is 286 g/mol. The van der Waals surface area contributed by atoms with Crippen LogP contribution in [0, 0.1) is 0 Å². The van der Waals surface area contributed by atoms with Crippen molar-refractivity contribution in [2.45, 2.75) is 13.0 Å². The third-order valence-electron chi connectivity index (χ3n) is 2.94. The highest BCUT2D eigenvalue weighted by atomic mass is 35.5. The van der Waals surface area contributed by atoms with Gasteiger partial charge in [-0.25, -0.2) is 9.78 Å². The first-order valence-electron chi connectivity index (χ1n) is 5.76. The number of hydrogen-bond donors (Lipinski definition) is 1. The maximum Gasteiger partial charge on any atom is 0.329 e.